The summed E-state index contributed by atoms with van der Waals surface area (Å²) in [6, 6.07) is 53.9. The molecular weight excluding hydrogens is 637 g/mol. The summed E-state index contributed by atoms with van der Waals surface area (Å²) >= 11 is 0. The predicted molar refractivity (Wildman–Crippen MR) is 233 cm³/mol. The van der Waals surface area contributed by atoms with Crippen LogP contribution in [0.4, 0.5) is 0 Å². The van der Waals surface area contributed by atoms with Gasteiger partial charge in [-0.2, -0.15) is 0 Å². The van der Waals surface area contributed by atoms with Crippen molar-refractivity contribution in [3.05, 3.63) is 186 Å². The van der Waals surface area contributed by atoms with Gasteiger partial charge in [0.2, 0.25) is 0 Å². The van der Waals surface area contributed by atoms with E-state index in [1.54, 1.807) is 0 Å². The third kappa shape index (κ3) is 6.40. The van der Waals surface area contributed by atoms with Gasteiger partial charge in [-0.1, -0.05) is 197 Å². The molecule has 1 aliphatic carbocycles. The summed E-state index contributed by atoms with van der Waals surface area (Å²) in [4.78, 5) is 0. The number of hydrogen-bond donors (Lipinski definition) is 0. The largest absolute Gasteiger partial charge is 0.0801 e. The Morgan fingerprint density at radius 1 is 0.453 bits per heavy atom. The molecule has 0 N–H and O–H groups in total. The number of benzene rings is 8. The smallest absolute Gasteiger partial charge is 0.00263 e. The minimum atomic E-state index is 0.968. The van der Waals surface area contributed by atoms with Crippen molar-refractivity contribution in [2.24, 2.45) is 0 Å². The van der Waals surface area contributed by atoms with Crippen molar-refractivity contribution in [3.8, 4) is 44.5 Å². The fourth-order valence-electron chi connectivity index (χ4n) is 8.09. The average Bonchev–Trinajstić information content (AvgIpc) is 3.47. The van der Waals surface area contributed by atoms with Crippen LogP contribution < -0.4 is 0 Å². The SMILES string of the molecule is CCCC.Cc1cc(-c2c3ccccc3c(-c3ccc(-c4cccc5ccccc45)cc3)c3ccccc23)ccc1-c1ccc2c(c1C)CC=CC=C2. The van der Waals surface area contributed by atoms with Crippen molar-refractivity contribution in [1.82, 2.24) is 0 Å². The van der Waals surface area contributed by atoms with E-state index < -0.39 is 0 Å². The first-order chi connectivity index (χ1) is 26.1. The molecule has 0 fully saturated rings. The Bertz CT molecular complexity index is 2600. The predicted octanol–water partition coefficient (Wildman–Crippen LogP) is 15.4. The van der Waals surface area contributed by atoms with Crippen LogP contribution in [0.3, 0.4) is 0 Å². The highest BCUT2D eigenvalue weighted by Gasteiger charge is 2.18. The topological polar surface area (TPSA) is 0 Å². The van der Waals surface area contributed by atoms with Gasteiger partial charge in [-0.3, -0.25) is 0 Å². The van der Waals surface area contributed by atoms with E-state index in [-0.39, 0.29) is 0 Å². The molecule has 0 radical (unpaired) electrons. The van der Waals surface area contributed by atoms with Crippen molar-refractivity contribution in [2.45, 2.75) is 47.0 Å². The second-order valence-electron chi connectivity index (χ2n) is 14.3. The molecule has 1 aliphatic rings. The summed E-state index contributed by atoms with van der Waals surface area (Å²) < 4.78 is 0. The van der Waals surface area contributed by atoms with Crippen molar-refractivity contribution in [1.29, 1.82) is 0 Å². The van der Waals surface area contributed by atoms with E-state index in [2.05, 4.69) is 198 Å². The summed E-state index contributed by atoms with van der Waals surface area (Å²) in [5, 5.41) is 7.66. The first-order valence-electron chi connectivity index (χ1n) is 19.2. The zero-order valence-corrected chi connectivity index (χ0v) is 31.3. The third-order valence-corrected chi connectivity index (χ3v) is 11.0. The molecule has 0 nitrogen and oxygen atoms in total. The second kappa shape index (κ2) is 14.9. The molecule has 9 rings (SSSR count). The maximum atomic E-state index is 2.40. The van der Waals surface area contributed by atoms with E-state index in [0.29, 0.717) is 0 Å². The van der Waals surface area contributed by atoms with Crippen LogP contribution in [0.25, 0.3) is 82.9 Å². The standard InChI is InChI=1S/C49H36.C4H10/c1-32-31-38(28-29-39(32)41-30-27-35-13-4-3-5-16-40(35)33(41)2)49-46-20-10-8-18-44(46)48(45-19-9-11-21-47(45)49)37-25-23-36(24-26-37)43-22-12-15-34-14-6-7-17-42(34)43;1-3-4-2/h3-15,17-31H,16H2,1-2H3;3-4H2,1-2H3. The molecule has 0 heterocycles. The zero-order valence-electron chi connectivity index (χ0n) is 31.3. The Morgan fingerprint density at radius 2 is 1.00 bits per heavy atom. The number of aryl methyl sites for hydroxylation is 1. The van der Waals surface area contributed by atoms with E-state index in [1.165, 1.54) is 112 Å². The maximum Gasteiger partial charge on any atom is -0.00263 e. The molecule has 8 aromatic rings. The number of rotatable bonds is 5. The van der Waals surface area contributed by atoms with E-state index in [4.69, 9.17) is 0 Å². The van der Waals surface area contributed by atoms with Crippen LogP contribution in [0.2, 0.25) is 0 Å². The Labute approximate surface area is 314 Å². The summed E-state index contributed by atoms with van der Waals surface area (Å²) in [5.74, 6) is 0. The molecule has 0 bridgehead atoms. The minimum absolute atomic E-state index is 0.968. The first kappa shape index (κ1) is 34.1. The van der Waals surface area contributed by atoms with Crippen LogP contribution in [0.15, 0.2) is 164 Å². The van der Waals surface area contributed by atoms with Crippen LogP contribution >= 0.6 is 0 Å². The summed E-state index contributed by atoms with van der Waals surface area (Å²) in [6.07, 6.45) is 12.4. The van der Waals surface area contributed by atoms with Gasteiger partial charge >= 0.3 is 0 Å². The maximum absolute atomic E-state index is 2.40. The highest BCUT2D eigenvalue weighted by molar-refractivity contribution is 6.21. The van der Waals surface area contributed by atoms with Crippen molar-refractivity contribution < 1.29 is 0 Å². The molecule has 0 aliphatic heterocycles. The summed E-state index contributed by atoms with van der Waals surface area (Å²) in [5.41, 5.74) is 15.6. The monoisotopic (exact) mass is 682 g/mol. The number of allylic oxidation sites excluding steroid dienone is 3. The zero-order chi connectivity index (χ0) is 36.3. The van der Waals surface area contributed by atoms with Crippen molar-refractivity contribution in [3.63, 3.8) is 0 Å². The molecule has 0 amide bonds. The van der Waals surface area contributed by atoms with Gasteiger partial charge in [0.05, 0.1) is 0 Å². The van der Waals surface area contributed by atoms with Gasteiger partial charge in [0.15, 0.2) is 0 Å². The van der Waals surface area contributed by atoms with E-state index in [0.717, 1.165) is 6.42 Å². The molecule has 0 unspecified atom stereocenters. The van der Waals surface area contributed by atoms with E-state index in [9.17, 15) is 0 Å². The number of fused-ring (bicyclic) bond motifs is 4. The van der Waals surface area contributed by atoms with Crippen LogP contribution in [0, 0.1) is 13.8 Å². The van der Waals surface area contributed by atoms with Crippen LogP contribution in [0.5, 0.6) is 0 Å². The molecule has 258 valence electrons. The molecule has 0 spiro atoms. The Morgan fingerprint density at radius 3 is 1.64 bits per heavy atom. The number of hydrogen-bond acceptors (Lipinski definition) is 0. The van der Waals surface area contributed by atoms with Crippen molar-refractivity contribution in [2.75, 3.05) is 0 Å². The van der Waals surface area contributed by atoms with Crippen molar-refractivity contribution >= 4 is 38.4 Å². The van der Waals surface area contributed by atoms with Gasteiger partial charge in [-0.25, -0.2) is 0 Å². The normalized spacial score (nSPS) is 12.1. The highest BCUT2D eigenvalue weighted by atomic mass is 14.2. The lowest BCUT2D eigenvalue weighted by molar-refractivity contribution is 0.886. The molecule has 0 atom stereocenters. The average molecular weight is 683 g/mol. The van der Waals surface area contributed by atoms with Gasteiger partial charge in [0, 0.05) is 0 Å². The molecule has 0 saturated carbocycles. The number of unbranched alkanes of at least 4 members (excludes halogenated alkanes) is 1. The molecule has 8 aromatic carbocycles. The summed E-state index contributed by atoms with van der Waals surface area (Å²) in [7, 11) is 0. The highest BCUT2D eigenvalue weighted by Crippen LogP contribution is 2.45. The molecule has 0 saturated heterocycles. The van der Waals surface area contributed by atoms with E-state index in [1.807, 2.05) is 0 Å². The molecule has 0 aromatic heterocycles. The molecule has 53 heavy (non-hydrogen) atoms. The third-order valence-electron chi connectivity index (χ3n) is 11.0. The van der Waals surface area contributed by atoms with Gasteiger partial charge in [-0.05, 0) is 119 Å². The van der Waals surface area contributed by atoms with Gasteiger partial charge in [0.1, 0.15) is 0 Å². The lowest BCUT2D eigenvalue weighted by Crippen LogP contribution is -1.96. The fraction of sp³-hybridized carbons (Fsp3) is 0.132. The Kier molecular flexibility index (Phi) is 9.62. The molecule has 0 heteroatoms. The van der Waals surface area contributed by atoms with Gasteiger partial charge < -0.3 is 0 Å². The minimum Gasteiger partial charge on any atom is -0.0801 e. The van der Waals surface area contributed by atoms with Crippen LogP contribution in [-0.4, -0.2) is 0 Å². The van der Waals surface area contributed by atoms with Gasteiger partial charge in [-0.15, -0.1) is 0 Å². The molecular formula is C53H46. The first-order valence-corrected chi connectivity index (χ1v) is 19.2. The quantitative estimate of drug-likeness (QED) is 0.159. The van der Waals surface area contributed by atoms with Crippen LogP contribution in [0.1, 0.15) is 48.9 Å². The fourth-order valence-corrected chi connectivity index (χ4v) is 8.09. The Balaban J connectivity index is 0.000000954. The van der Waals surface area contributed by atoms with E-state index >= 15 is 0 Å². The lowest BCUT2D eigenvalue weighted by Gasteiger charge is -2.19. The van der Waals surface area contributed by atoms with Gasteiger partial charge in [0.25, 0.3) is 0 Å². The second-order valence-corrected chi connectivity index (χ2v) is 14.3. The summed E-state index contributed by atoms with van der Waals surface area (Å²) in [6.45, 7) is 8.91. The van der Waals surface area contributed by atoms with Crippen LogP contribution in [-0.2, 0) is 6.42 Å². The Hall–Kier alpha value is -5.98. The lowest BCUT2D eigenvalue weighted by atomic mass is 9.84.